The van der Waals surface area contributed by atoms with Gasteiger partial charge in [-0.3, -0.25) is 0 Å². The topological polar surface area (TPSA) is 29.5 Å². The van der Waals surface area contributed by atoms with Crippen LogP contribution in [0.4, 0.5) is 0 Å². The van der Waals surface area contributed by atoms with Gasteiger partial charge in [-0.05, 0) is 37.1 Å². The monoisotopic (exact) mass is 231 g/mol. The summed E-state index contributed by atoms with van der Waals surface area (Å²) >= 11 is 0. The Bertz CT molecular complexity index is 439. The summed E-state index contributed by atoms with van der Waals surface area (Å²) in [6.07, 6.45) is 0. The van der Waals surface area contributed by atoms with Crippen LogP contribution in [-0.4, -0.2) is 12.2 Å². The predicted molar refractivity (Wildman–Crippen MR) is 70.6 cm³/mol. The molecule has 0 fully saturated rings. The Labute approximate surface area is 104 Å². The molecule has 0 atom stereocenters. The van der Waals surface area contributed by atoms with Crippen LogP contribution in [0.2, 0.25) is 0 Å². The Morgan fingerprint density at radius 1 is 1.00 bits per heavy atom. The molecule has 2 nitrogen and oxygen atoms in total. The fraction of sp³-hybridized carbons (Fsp3) is 0.200. The van der Waals surface area contributed by atoms with Crippen LogP contribution >= 0.6 is 0 Å². The van der Waals surface area contributed by atoms with Gasteiger partial charge in [-0.2, -0.15) is 0 Å². The van der Waals surface area contributed by atoms with E-state index in [2.05, 4.69) is 0 Å². The molecule has 2 aromatic rings. The van der Waals surface area contributed by atoms with Crippen molar-refractivity contribution in [2.45, 2.75) is 13.8 Å². The third kappa shape index (κ3) is 4.19. The van der Waals surface area contributed by atoms with E-state index in [-0.39, 0.29) is 6.90 Å². The number of methoxy groups -OCH3 is 1. The van der Waals surface area contributed by atoms with Crippen molar-refractivity contribution in [2.24, 2.45) is 0 Å². The zero-order valence-electron chi connectivity index (χ0n) is 11.2. The van der Waals surface area contributed by atoms with E-state index in [1.165, 1.54) is 0 Å². The van der Waals surface area contributed by atoms with Crippen molar-refractivity contribution in [3.63, 3.8) is 0 Å². The molecule has 0 saturated carbocycles. The molecule has 90 valence electrons. The standard InChI is InChI=1S/C8H10O.C7H8O/c1-7-5-3-4-6-8(7)9-2;1-6-4-2-3-5-7(6)8/h3-6H,1-2H3;2-5,8H,1H3/i1D;. The van der Waals surface area contributed by atoms with E-state index in [4.69, 9.17) is 11.2 Å². The number of para-hydroxylation sites is 2. The molecule has 0 aliphatic heterocycles. The number of hydrogen-bond acceptors (Lipinski definition) is 2. The maximum Gasteiger partial charge on any atom is 0.121 e. The van der Waals surface area contributed by atoms with Gasteiger partial charge in [-0.1, -0.05) is 36.4 Å². The Balaban J connectivity index is 0.000000184. The summed E-state index contributed by atoms with van der Waals surface area (Å²) in [6.45, 7) is 2.15. The number of aromatic hydroxyl groups is 1. The van der Waals surface area contributed by atoms with E-state index in [9.17, 15) is 0 Å². The first-order valence-electron chi connectivity index (χ1n) is 6.05. The van der Waals surface area contributed by atoms with Crippen LogP contribution in [0.25, 0.3) is 0 Å². The highest BCUT2D eigenvalue weighted by Gasteiger charge is 1.90. The summed E-state index contributed by atoms with van der Waals surface area (Å²) in [5, 5.41) is 8.92. The number of aryl methyl sites for hydroxylation is 2. The smallest absolute Gasteiger partial charge is 0.121 e. The van der Waals surface area contributed by atoms with Crippen molar-refractivity contribution >= 4 is 0 Å². The Kier molecular flexibility index (Phi) is 4.46. The van der Waals surface area contributed by atoms with Crippen LogP contribution in [0.1, 0.15) is 12.5 Å². The maximum atomic E-state index is 8.92. The minimum atomic E-state index is 0.282. The lowest BCUT2D eigenvalue weighted by atomic mass is 10.2. The Hall–Kier alpha value is -1.96. The van der Waals surface area contributed by atoms with Crippen molar-refractivity contribution in [1.82, 2.24) is 0 Å². The molecule has 0 aromatic heterocycles. The van der Waals surface area contributed by atoms with Gasteiger partial charge in [0.05, 0.1) is 7.11 Å². The van der Waals surface area contributed by atoms with Crippen molar-refractivity contribution in [3.8, 4) is 11.5 Å². The molecule has 0 aliphatic carbocycles. The molecule has 0 radical (unpaired) electrons. The normalized spacial score (nSPS) is 9.88. The molecular formula is C15H18O2. The summed E-state index contributed by atoms with van der Waals surface area (Å²) in [7, 11) is 1.62. The molecule has 2 heteroatoms. The average molecular weight is 231 g/mol. The fourth-order valence-corrected chi connectivity index (χ4v) is 1.27. The second kappa shape index (κ2) is 6.59. The molecule has 0 heterocycles. The van der Waals surface area contributed by atoms with Crippen LogP contribution in [0, 0.1) is 13.8 Å². The third-order valence-electron chi connectivity index (χ3n) is 2.31. The number of phenols is 1. The molecule has 1 N–H and O–H groups in total. The molecule has 0 saturated heterocycles. The van der Waals surface area contributed by atoms with E-state index >= 15 is 0 Å². The van der Waals surface area contributed by atoms with Crippen LogP contribution < -0.4 is 4.74 Å². The second-order valence-corrected chi connectivity index (χ2v) is 3.60. The van der Waals surface area contributed by atoms with Gasteiger partial charge in [0.25, 0.3) is 0 Å². The first-order valence-corrected chi connectivity index (χ1v) is 5.34. The van der Waals surface area contributed by atoms with Crippen molar-refractivity contribution < 1.29 is 11.2 Å². The van der Waals surface area contributed by atoms with Gasteiger partial charge in [0.15, 0.2) is 0 Å². The number of hydrogen-bond donors (Lipinski definition) is 1. The second-order valence-electron chi connectivity index (χ2n) is 3.60. The Morgan fingerprint density at radius 2 is 1.59 bits per heavy atom. The van der Waals surface area contributed by atoms with Gasteiger partial charge >= 0.3 is 0 Å². The van der Waals surface area contributed by atoms with Gasteiger partial charge in [0.1, 0.15) is 11.5 Å². The summed E-state index contributed by atoms with van der Waals surface area (Å²) < 4.78 is 12.1. The highest BCUT2D eigenvalue weighted by atomic mass is 16.5. The highest BCUT2D eigenvalue weighted by Crippen LogP contribution is 2.14. The minimum Gasteiger partial charge on any atom is -0.508 e. The minimum absolute atomic E-state index is 0.282. The highest BCUT2D eigenvalue weighted by molar-refractivity contribution is 5.31. The molecular weight excluding hydrogens is 212 g/mol. The van der Waals surface area contributed by atoms with Gasteiger partial charge in [-0.25, -0.2) is 0 Å². The third-order valence-corrected chi connectivity index (χ3v) is 2.31. The number of benzene rings is 2. The van der Waals surface area contributed by atoms with Crippen LogP contribution in [-0.2, 0) is 0 Å². The van der Waals surface area contributed by atoms with Crippen LogP contribution in [0.15, 0.2) is 48.5 Å². The molecule has 17 heavy (non-hydrogen) atoms. The first-order chi connectivity index (χ1) is 8.69. The molecule has 0 unspecified atom stereocenters. The summed E-state index contributed by atoms with van der Waals surface area (Å²) in [5.74, 6) is 1.17. The van der Waals surface area contributed by atoms with Crippen LogP contribution in [0.5, 0.6) is 11.5 Å². The first kappa shape index (κ1) is 11.5. The van der Waals surface area contributed by atoms with E-state index < -0.39 is 0 Å². The van der Waals surface area contributed by atoms with Crippen molar-refractivity contribution in [1.29, 1.82) is 0 Å². The quantitative estimate of drug-likeness (QED) is 0.810. The SMILES string of the molecule is Cc1ccccc1O.[2H]Cc1ccccc1OC. The molecule has 2 aromatic carbocycles. The zero-order valence-corrected chi connectivity index (χ0v) is 10.2. The largest absolute Gasteiger partial charge is 0.508 e. The van der Waals surface area contributed by atoms with Crippen molar-refractivity contribution in [3.05, 3.63) is 59.7 Å². The number of rotatable bonds is 1. The van der Waals surface area contributed by atoms with Gasteiger partial charge < -0.3 is 9.84 Å². The van der Waals surface area contributed by atoms with E-state index in [0.29, 0.717) is 5.75 Å². The van der Waals surface area contributed by atoms with E-state index in [1.807, 2.05) is 49.4 Å². The van der Waals surface area contributed by atoms with Gasteiger partial charge in [0, 0.05) is 1.37 Å². The molecule has 2 rings (SSSR count). The molecule has 0 spiro atoms. The van der Waals surface area contributed by atoms with Crippen molar-refractivity contribution in [2.75, 3.05) is 7.11 Å². The number of phenolic OH excluding ortho intramolecular Hbond substituents is 1. The zero-order chi connectivity index (χ0) is 13.4. The Morgan fingerprint density at radius 3 is 2.00 bits per heavy atom. The number of ether oxygens (including phenoxy) is 1. The lowest BCUT2D eigenvalue weighted by Crippen LogP contribution is -1.84. The summed E-state index contributed by atoms with van der Waals surface area (Å²) in [4.78, 5) is 0. The lowest BCUT2D eigenvalue weighted by Gasteiger charge is -2.00. The van der Waals surface area contributed by atoms with E-state index in [0.717, 1.165) is 16.9 Å². The predicted octanol–water partition coefficient (Wildman–Crippen LogP) is 3.70. The molecule has 0 aliphatic rings. The summed E-state index contributed by atoms with van der Waals surface area (Å²) in [6, 6.07) is 14.8. The maximum absolute atomic E-state index is 8.92. The molecule has 0 bridgehead atoms. The average Bonchev–Trinajstić information content (AvgIpc) is 2.42. The molecule has 0 amide bonds. The van der Waals surface area contributed by atoms with Crippen LogP contribution in [0.3, 0.4) is 0 Å². The fourth-order valence-electron chi connectivity index (χ4n) is 1.27. The van der Waals surface area contributed by atoms with E-state index in [1.54, 1.807) is 13.2 Å². The van der Waals surface area contributed by atoms with Gasteiger partial charge in [-0.15, -0.1) is 0 Å². The summed E-state index contributed by atoms with van der Waals surface area (Å²) in [5.41, 5.74) is 1.86. The van der Waals surface area contributed by atoms with Gasteiger partial charge in [0.2, 0.25) is 0 Å². The lowest BCUT2D eigenvalue weighted by molar-refractivity contribution is 0.411.